The molecule has 4 aromatic rings. The van der Waals surface area contributed by atoms with Crippen LogP contribution in [0, 0.1) is 0 Å². The number of fused-ring (bicyclic) bond motifs is 1. The molecule has 40 heavy (non-hydrogen) atoms. The zero-order valence-electron chi connectivity index (χ0n) is 22.7. The van der Waals surface area contributed by atoms with Gasteiger partial charge in [0.15, 0.2) is 0 Å². The van der Waals surface area contributed by atoms with Gasteiger partial charge < -0.3 is 20.1 Å². The van der Waals surface area contributed by atoms with Crippen LogP contribution in [0.25, 0.3) is 10.9 Å². The fraction of sp³-hybridized carbons (Fsp3) is 0.300. The zero-order chi connectivity index (χ0) is 29.0. The van der Waals surface area contributed by atoms with Crippen LogP contribution >= 0.6 is 11.6 Å². The fourth-order valence-corrected chi connectivity index (χ4v) is 6.13. The molecule has 0 saturated heterocycles. The van der Waals surface area contributed by atoms with Crippen LogP contribution in [0.2, 0.25) is 5.02 Å². The highest BCUT2D eigenvalue weighted by molar-refractivity contribution is 7.92. The second-order valence-electron chi connectivity index (χ2n) is 10.00. The van der Waals surface area contributed by atoms with E-state index in [2.05, 4.69) is 5.32 Å². The maximum Gasteiger partial charge on any atom is 0.352 e. The van der Waals surface area contributed by atoms with E-state index in [4.69, 9.17) is 11.6 Å². The molecule has 0 aliphatic carbocycles. The first kappa shape index (κ1) is 29.6. The van der Waals surface area contributed by atoms with Crippen LogP contribution < -0.4 is 9.62 Å². The lowest BCUT2D eigenvalue weighted by Gasteiger charge is -2.21. The lowest BCUT2D eigenvalue weighted by molar-refractivity contribution is 0.0686. The van der Waals surface area contributed by atoms with Gasteiger partial charge >= 0.3 is 5.97 Å². The second-order valence-corrected chi connectivity index (χ2v) is 12.3. The number of aromatic carboxylic acids is 1. The monoisotopic (exact) mass is 583 g/mol. The maximum atomic E-state index is 12.2. The van der Waals surface area contributed by atoms with Crippen LogP contribution in [0.4, 0.5) is 5.69 Å². The second kappa shape index (κ2) is 12.4. The summed E-state index contributed by atoms with van der Waals surface area (Å²) in [6, 6.07) is 21.9. The highest BCUT2D eigenvalue weighted by Crippen LogP contribution is 2.26. The van der Waals surface area contributed by atoms with Crippen molar-refractivity contribution in [2.75, 3.05) is 23.7 Å². The highest BCUT2D eigenvalue weighted by Gasteiger charge is 2.19. The number of carbonyl (C=O) groups is 1. The lowest BCUT2D eigenvalue weighted by Crippen LogP contribution is -2.32. The summed E-state index contributed by atoms with van der Waals surface area (Å²) in [6.07, 6.45) is 1.17. The third kappa shape index (κ3) is 7.03. The fourth-order valence-electron chi connectivity index (χ4n) is 4.97. The molecule has 0 amide bonds. The van der Waals surface area contributed by atoms with Gasteiger partial charge in [0.2, 0.25) is 10.0 Å². The van der Waals surface area contributed by atoms with Gasteiger partial charge in [0.25, 0.3) is 0 Å². The third-order valence-corrected chi connectivity index (χ3v) is 8.35. The van der Waals surface area contributed by atoms with Crippen molar-refractivity contribution < 1.29 is 23.4 Å². The molecule has 3 aromatic carbocycles. The van der Waals surface area contributed by atoms with Crippen LogP contribution in [0.1, 0.15) is 47.1 Å². The third-order valence-electron chi connectivity index (χ3n) is 6.85. The molecule has 212 valence electrons. The van der Waals surface area contributed by atoms with E-state index < -0.39 is 22.1 Å². The van der Waals surface area contributed by atoms with E-state index in [1.807, 2.05) is 43.3 Å². The van der Waals surface area contributed by atoms with E-state index >= 15 is 0 Å². The minimum absolute atomic E-state index is 0.0615. The van der Waals surface area contributed by atoms with Gasteiger partial charge in [-0.25, -0.2) is 13.2 Å². The van der Waals surface area contributed by atoms with Gasteiger partial charge in [0.1, 0.15) is 5.69 Å². The molecule has 1 heterocycles. The number of sulfonamides is 1. The Morgan fingerprint density at radius 3 is 2.48 bits per heavy atom. The van der Waals surface area contributed by atoms with Crippen molar-refractivity contribution >= 4 is 44.2 Å². The Morgan fingerprint density at radius 1 is 1.05 bits per heavy atom. The van der Waals surface area contributed by atoms with Gasteiger partial charge in [-0.05, 0) is 79.4 Å². The van der Waals surface area contributed by atoms with Crippen LogP contribution in [-0.4, -0.2) is 54.6 Å². The van der Waals surface area contributed by atoms with Crippen molar-refractivity contribution in [3.63, 3.8) is 0 Å². The number of benzene rings is 3. The summed E-state index contributed by atoms with van der Waals surface area (Å²) in [4.78, 5) is 12.1. The van der Waals surface area contributed by atoms with E-state index in [9.17, 15) is 23.4 Å². The normalized spacial score (nSPS) is 13.3. The molecule has 10 heteroatoms. The summed E-state index contributed by atoms with van der Waals surface area (Å²) in [6.45, 7) is 4.75. The predicted molar refractivity (Wildman–Crippen MR) is 160 cm³/mol. The summed E-state index contributed by atoms with van der Waals surface area (Å²) in [7, 11) is -3.43. The first-order valence-electron chi connectivity index (χ1n) is 13.0. The number of rotatable bonds is 12. The summed E-state index contributed by atoms with van der Waals surface area (Å²) in [5, 5.41) is 25.2. The van der Waals surface area contributed by atoms with E-state index in [-0.39, 0.29) is 18.3 Å². The molecule has 0 bridgehead atoms. The van der Waals surface area contributed by atoms with Crippen LogP contribution in [-0.2, 0) is 23.0 Å². The van der Waals surface area contributed by atoms with Gasteiger partial charge in [0.05, 0.1) is 18.0 Å². The molecule has 0 aliphatic heterocycles. The molecule has 1 aromatic heterocycles. The molecule has 0 spiro atoms. The standard InChI is InChI=1S/C30H34ClN3O5S/c1-4-34(40(3,38)39)26-10-5-7-22(15-26)19-33-27-12-11-21(14-24(27)17-28(33)30(36)37)13-20(2)32-18-29(35)23-8-6-9-25(31)16-23/h5-12,14-17,20,29,32,35H,4,13,18-19H2,1-3H3,(H,36,37). The Kier molecular flexibility index (Phi) is 9.20. The SMILES string of the molecule is CCN(c1cccc(Cn2c(C(=O)O)cc3cc(CC(C)NCC(O)c4cccc(Cl)c4)ccc32)c1)S(C)(=O)=O. The summed E-state index contributed by atoms with van der Waals surface area (Å²) < 4.78 is 27.4. The smallest absolute Gasteiger partial charge is 0.352 e. The van der Waals surface area contributed by atoms with E-state index in [1.165, 1.54) is 10.6 Å². The minimum atomic E-state index is -3.43. The van der Waals surface area contributed by atoms with E-state index in [1.54, 1.807) is 47.9 Å². The Bertz CT molecular complexity index is 1620. The van der Waals surface area contributed by atoms with Crippen molar-refractivity contribution in [1.29, 1.82) is 0 Å². The Hall–Kier alpha value is -3.37. The topological polar surface area (TPSA) is 112 Å². The molecule has 4 rings (SSSR count). The number of hydrogen-bond donors (Lipinski definition) is 3. The number of aromatic nitrogens is 1. The molecule has 0 radical (unpaired) electrons. The Labute approximate surface area is 239 Å². The minimum Gasteiger partial charge on any atom is -0.477 e. The Balaban J connectivity index is 1.52. The van der Waals surface area contributed by atoms with Crippen LogP contribution in [0.3, 0.4) is 0 Å². The largest absolute Gasteiger partial charge is 0.477 e. The number of aliphatic hydroxyl groups excluding tert-OH is 1. The summed E-state index contributed by atoms with van der Waals surface area (Å²) in [5.41, 5.74) is 4.05. The Morgan fingerprint density at radius 2 is 1.80 bits per heavy atom. The highest BCUT2D eigenvalue weighted by atomic mass is 35.5. The first-order valence-corrected chi connectivity index (χ1v) is 15.3. The molecule has 2 unspecified atom stereocenters. The summed E-state index contributed by atoms with van der Waals surface area (Å²) >= 11 is 6.03. The van der Waals surface area contributed by atoms with E-state index in [0.29, 0.717) is 30.2 Å². The number of nitrogens with one attached hydrogen (secondary N) is 1. The quantitative estimate of drug-likeness (QED) is 0.214. The van der Waals surface area contributed by atoms with Crippen molar-refractivity contribution in [2.24, 2.45) is 0 Å². The lowest BCUT2D eigenvalue weighted by atomic mass is 10.0. The van der Waals surface area contributed by atoms with Crippen molar-refractivity contribution in [3.8, 4) is 0 Å². The molecular weight excluding hydrogens is 550 g/mol. The molecule has 3 N–H and O–H groups in total. The number of carboxylic acids is 1. The molecule has 2 atom stereocenters. The van der Waals surface area contributed by atoms with Gasteiger partial charge in [-0.3, -0.25) is 4.31 Å². The molecule has 0 fully saturated rings. The van der Waals surface area contributed by atoms with Gasteiger partial charge in [-0.2, -0.15) is 0 Å². The maximum absolute atomic E-state index is 12.2. The number of nitrogens with zero attached hydrogens (tertiary/aromatic N) is 2. The number of anilines is 1. The average molecular weight is 584 g/mol. The molecule has 8 nitrogen and oxygen atoms in total. The van der Waals surface area contributed by atoms with Gasteiger partial charge in [-0.1, -0.05) is 41.9 Å². The van der Waals surface area contributed by atoms with Crippen molar-refractivity contribution in [1.82, 2.24) is 9.88 Å². The number of hydrogen-bond acceptors (Lipinski definition) is 5. The van der Waals surface area contributed by atoms with Crippen molar-refractivity contribution in [3.05, 3.63) is 100 Å². The van der Waals surface area contributed by atoms with Gasteiger partial charge in [-0.15, -0.1) is 0 Å². The molecule has 0 aliphatic rings. The summed E-state index contributed by atoms with van der Waals surface area (Å²) in [5.74, 6) is -1.04. The van der Waals surface area contributed by atoms with Gasteiger partial charge in [0, 0.05) is 41.6 Å². The zero-order valence-corrected chi connectivity index (χ0v) is 24.3. The number of carboxylic acid groups (broad SMARTS) is 1. The number of halogens is 1. The molecule has 0 saturated carbocycles. The van der Waals surface area contributed by atoms with Crippen LogP contribution in [0.15, 0.2) is 72.8 Å². The first-order chi connectivity index (χ1) is 19.0. The van der Waals surface area contributed by atoms with Crippen molar-refractivity contribution in [2.45, 2.75) is 39.0 Å². The van der Waals surface area contributed by atoms with E-state index in [0.717, 1.165) is 27.6 Å². The predicted octanol–water partition coefficient (Wildman–Crippen LogP) is 5.08. The van der Waals surface area contributed by atoms with Crippen LogP contribution in [0.5, 0.6) is 0 Å². The number of aliphatic hydroxyl groups is 1. The molecular formula is C30H34ClN3O5S. The average Bonchev–Trinajstić information content (AvgIpc) is 3.25.